The maximum Gasteiger partial charge on any atom is 0.300 e. The van der Waals surface area contributed by atoms with Crippen LogP contribution in [0.3, 0.4) is 0 Å². The number of carboxylic acids is 3. The minimum Gasteiger partial charge on any atom is -0.481 e. The molecule has 0 aliphatic rings. The molecule has 0 saturated heterocycles. The fraction of sp³-hybridized carbons (Fsp3) is 0.500. The van der Waals surface area contributed by atoms with E-state index in [0.717, 1.165) is 20.8 Å². The number of rotatable bonds is 0. The minimum absolute atomic E-state index is 0. The van der Waals surface area contributed by atoms with Crippen molar-refractivity contribution in [1.82, 2.24) is 0 Å². The van der Waals surface area contributed by atoms with Crippen LogP contribution in [0.25, 0.3) is 0 Å². The van der Waals surface area contributed by atoms with E-state index in [1.54, 1.807) is 0 Å². The predicted octanol–water partition coefficient (Wildman–Crippen LogP) is -2.58. The van der Waals surface area contributed by atoms with Gasteiger partial charge in [-0.25, -0.2) is 0 Å². The van der Waals surface area contributed by atoms with Crippen LogP contribution < -0.4 is 0 Å². The van der Waals surface area contributed by atoms with Gasteiger partial charge >= 0.3 is 0 Å². The fourth-order valence-corrected chi connectivity index (χ4v) is 0. The summed E-state index contributed by atoms with van der Waals surface area (Å²) in [5.74, 6) is -2.50. The van der Waals surface area contributed by atoms with Crippen LogP contribution >= 0.6 is 0 Å². The van der Waals surface area contributed by atoms with Gasteiger partial charge in [0.1, 0.15) is 0 Å². The van der Waals surface area contributed by atoms with Gasteiger partial charge in [0.15, 0.2) is 0 Å². The summed E-state index contributed by atoms with van der Waals surface area (Å²) in [5.41, 5.74) is 0. The molecular formula is C6H18O9Sb. The van der Waals surface area contributed by atoms with Crippen molar-refractivity contribution in [3.8, 4) is 0 Å². The second-order valence-corrected chi connectivity index (χ2v) is 1.56. The molecule has 101 valence electrons. The van der Waals surface area contributed by atoms with Gasteiger partial charge in [0.2, 0.25) is 0 Å². The second kappa shape index (κ2) is 36.9. The largest absolute Gasteiger partial charge is 0.481 e. The first-order valence-corrected chi connectivity index (χ1v) is 2.78. The third-order valence-electron chi connectivity index (χ3n) is 0. The summed E-state index contributed by atoms with van der Waals surface area (Å²) in [4.78, 5) is 27.0. The molecule has 0 unspecified atom stereocenters. The average molecular weight is 356 g/mol. The first-order chi connectivity index (χ1) is 5.20. The van der Waals surface area contributed by atoms with Crippen molar-refractivity contribution in [2.75, 3.05) is 0 Å². The Morgan fingerprint density at radius 2 is 0.625 bits per heavy atom. The Balaban J connectivity index is -0.0000000135. The van der Waals surface area contributed by atoms with Gasteiger partial charge < -0.3 is 31.7 Å². The average Bonchev–Trinajstić information content (AvgIpc) is 1.54. The molecule has 0 aromatic rings. The van der Waals surface area contributed by atoms with Crippen LogP contribution in [0.2, 0.25) is 0 Å². The van der Waals surface area contributed by atoms with E-state index in [0.29, 0.717) is 0 Å². The Hall–Kier alpha value is -0.892. The van der Waals surface area contributed by atoms with Crippen molar-refractivity contribution in [3.05, 3.63) is 0 Å². The first kappa shape index (κ1) is 45.7. The van der Waals surface area contributed by atoms with Gasteiger partial charge in [-0.05, 0) is 0 Å². The third-order valence-corrected chi connectivity index (χ3v) is 0. The van der Waals surface area contributed by atoms with Gasteiger partial charge in [-0.3, -0.25) is 14.4 Å². The summed E-state index contributed by atoms with van der Waals surface area (Å²) >= 11 is 0. The molecule has 0 bridgehead atoms. The molecule has 9 nitrogen and oxygen atoms in total. The van der Waals surface area contributed by atoms with Crippen molar-refractivity contribution in [2.24, 2.45) is 0 Å². The number of hydrogen-bond donors (Lipinski definition) is 3. The Labute approximate surface area is 109 Å². The van der Waals surface area contributed by atoms with Crippen LogP contribution in [0.15, 0.2) is 0 Å². The van der Waals surface area contributed by atoms with E-state index in [1.807, 2.05) is 0 Å². The van der Waals surface area contributed by atoms with Crippen LogP contribution in [0.1, 0.15) is 20.8 Å². The SMILES string of the molecule is CC(=O)O.CC(=O)O.CC(=O)O.O.O.O.[Sb]. The van der Waals surface area contributed by atoms with Crippen molar-refractivity contribution < 1.29 is 46.1 Å². The van der Waals surface area contributed by atoms with Crippen LogP contribution in [-0.2, 0) is 14.4 Å². The Bertz CT molecular complexity index is 118. The summed E-state index contributed by atoms with van der Waals surface area (Å²) in [6, 6.07) is 0. The summed E-state index contributed by atoms with van der Waals surface area (Å²) in [6.07, 6.45) is 0. The van der Waals surface area contributed by atoms with Gasteiger partial charge in [0, 0.05) is 45.2 Å². The monoisotopic (exact) mass is 355 g/mol. The van der Waals surface area contributed by atoms with Crippen LogP contribution in [0.5, 0.6) is 0 Å². The van der Waals surface area contributed by atoms with E-state index in [9.17, 15) is 0 Å². The van der Waals surface area contributed by atoms with E-state index < -0.39 is 17.9 Å². The molecule has 0 heterocycles. The van der Waals surface area contributed by atoms with E-state index >= 15 is 0 Å². The summed E-state index contributed by atoms with van der Waals surface area (Å²) < 4.78 is 0. The number of carboxylic acid groups (broad SMARTS) is 3. The van der Waals surface area contributed by atoms with Gasteiger partial charge in [0.05, 0.1) is 0 Å². The molecule has 3 radical (unpaired) electrons. The zero-order valence-electron chi connectivity index (χ0n) is 9.01. The Morgan fingerprint density at radius 3 is 0.625 bits per heavy atom. The molecule has 0 rings (SSSR count). The van der Waals surface area contributed by atoms with E-state index in [1.165, 1.54) is 0 Å². The molecule has 0 amide bonds. The predicted molar refractivity (Wildman–Crippen MR) is 56.5 cm³/mol. The molecule has 0 spiro atoms. The number of hydrogen-bond acceptors (Lipinski definition) is 3. The maximum absolute atomic E-state index is 9.00. The maximum atomic E-state index is 9.00. The van der Waals surface area contributed by atoms with Gasteiger partial charge in [-0.15, -0.1) is 0 Å². The smallest absolute Gasteiger partial charge is 0.300 e. The van der Waals surface area contributed by atoms with Gasteiger partial charge in [0.25, 0.3) is 17.9 Å². The summed E-state index contributed by atoms with van der Waals surface area (Å²) in [7, 11) is 0. The molecule has 0 aromatic carbocycles. The Kier molecular flexibility index (Phi) is 105. The van der Waals surface area contributed by atoms with Crippen molar-refractivity contribution in [1.29, 1.82) is 0 Å². The minimum atomic E-state index is -0.833. The molecule has 16 heavy (non-hydrogen) atoms. The molecule has 0 aromatic heterocycles. The zero-order valence-corrected chi connectivity index (χ0v) is 11.6. The van der Waals surface area contributed by atoms with Gasteiger partial charge in [-0.2, -0.15) is 0 Å². The molecule has 0 aliphatic carbocycles. The van der Waals surface area contributed by atoms with E-state index in [-0.39, 0.29) is 40.9 Å². The van der Waals surface area contributed by atoms with Gasteiger partial charge in [-0.1, -0.05) is 0 Å². The zero-order chi connectivity index (χ0) is 10.7. The van der Waals surface area contributed by atoms with Crippen molar-refractivity contribution in [3.63, 3.8) is 0 Å². The third kappa shape index (κ3) is 2420. The summed E-state index contributed by atoms with van der Waals surface area (Å²) in [5, 5.41) is 22.2. The molecule has 0 saturated carbocycles. The summed E-state index contributed by atoms with van der Waals surface area (Å²) in [6.45, 7) is 3.25. The first-order valence-electron chi connectivity index (χ1n) is 2.78. The number of aliphatic carboxylic acids is 3. The molecule has 0 aliphatic heterocycles. The molecular weight excluding hydrogens is 338 g/mol. The topological polar surface area (TPSA) is 206 Å². The quantitative estimate of drug-likeness (QED) is 0.397. The van der Waals surface area contributed by atoms with E-state index in [4.69, 9.17) is 29.7 Å². The molecule has 0 fully saturated rings. The van der Waals surface area contributed by atoms with Crippen molar-refractivity contribution in [2.45, 2.75) is 20.8 Å². The van der Waals surface area contributed by atoms with Crippen molar-refractivity contribution >= 4 is 42.3 Å². The van der Waals surface area contributed by atoms with Crippen LogP contribution in [0, 0.1) is 0 Å². The molecule has 9 N–H and O–H groups in total. The normalized spacial score (nSPS) is 4.69. The molecule has 0 atom stereocenters. The second-order valence-electron chi connectivity index (χ2n) is 1.56. The van der Waals surface area contributed by atoms with E-state index in [2.05, 4.69) is 0 Å². The fourth-order valence-electron chi connectivity index (χ4n) is 0. The standard InChI is InChI=1S/3C2H4O2.3H2O.Sb/c3*1-2(3)4;;;;/h3*1H3,(H,3,4);3*1H2;. The number of carbonyl (C=O) groups is 3. The Morgan fingerprint density at radius 1 is 0.625 bits per heavy atom. The van der Waals surface area contributed by atoms with Crippen LogP contribution in [0.4, 0.5) is 0 Å². The van der Waals surface area contributed by atoms with Crippen LogP contribution in [-0.4, -0.2) is 74.1 Å². The molecule has 10 heteroatoms.